The van der Waals surface area contributed by atoms with Crippen molar-refractivity contribution in [2.45, 2.75) is 4.90 Å². The lowest BCUT2D eigenvalue weighted by Gasteiger charge is -2.04. The number of aromatic hydroxyl groups is 1. The van der Waals surface area contributed by atoms with Crippen LogP contribution in [0.15, 0.2) is 70.6 Å². The third-order valence-corrected chi connectivity index (χ3v) is 4.38. The van der Waals surface area contributed by atoms with E-state index in [-0.39, 0.29) is 10.6 Å². The Kier molecular flexibility index (Phi) is 3.85. The lowest BCUT2D eigenvalue weighted by Crippen LogP contribution is -2.11. The summed E-state index contributed by atoms with van der Waals surface area (Å²) >= 11 is 0. The van der Waals surface area contributed by atoms with E-state index in [1.807, 2.05) is 30.3 Å². The Labute approximate surface area is 133 Å². The minimum atomic E-state index is -3.71. The third kappa shape index (κ3) is 3.23. The van der Waals surface area contributed by atoms with E-state index < -0.39 is 10.0 Å². The number of rotatable bonds is 3. The summed E-state index contributed by atoms with van der Waals surface area (Å²) in [4.78, 5) is 4.32. The number of sulfonamides is 1. The first-order valence-electron chi connectivity index (χ1n) is 6.83. The summed E-state index contributed by atoms with van der Waals surface area (Å²) in [7, 11) is -3.71. The fourth-order valence-electron chi connectivity index (χ4n) is 2.28. The van der Waals surface area contributed by atoms with Gasteiger partial charge in [0.2, 0.25) is 10.0 Å². The molecule has 0 aromatic heterocycles. The van der Waals surface area contributed by atoms with Crippen molar-refractivity contribution in [3.8, 4) is 5.75 Å². The number of benzene rings is 3. The molecule has 3 N–H and O–H groups in total. The largest absolute Gasteiger partial charge is 0.507 e. The van der Waals surface area contributed by atoms with Crippen molar-refractivity contribution in [2.75, 3.05) is 0 Å². The van der Waals surface area contributed by atoms with Crippen molar-refractivity contribution in [1.29, 1.82) is 0 Å². The van der Waals surface area contributed by atoms with E-state index >= 15 is 0 Å². The zero-order chi connectivity index (χ0) is 16.4. The van der Waals surface area contributed by atoms with Crippen LogP contribution in [0.25, 0.3) is 10.8 Å². The molecule has 0 atom stereocenters. The zero-order valence-corrected chi connectivity index (χ0v) is 12.9. The van der Waals surface area contributed by atoms with E-state index in [2.05, 4.69) is 4.99 Å². The van der Waals surface area contributed by atoms with Gasteiger partial charge in [-0.1, -0.05) is 30.3 Å². The maximum Gasteiger partial charge on any atom is 0.238 e. The molecule has 0 saturated heterocycles. The molecule has 0 saturated carbocycles. The van der Waals surface area contributed by atoms with E-state index in [1.165, 1.54) is 12.1 Å². The number of aliphatic imine (C=N–C) groups is 1. The molecule has 0 amide bonds. The highest BCUT2D eigenvalue weighted by Gasteiger charge is 2.07. The Morgan fingerprint density at radius 3 is 2.35 bits per heavy atom. The second kappa shape index (κ2) is 5.83. The summed E-state index contributed by atoms with van der Waals surface area (Å²) in [5, 5.41) is 17.0. The number of nitrogens with zero attached hydrogens (tertiary/aromatic N) is 1. The second-order valence-electron chi connectivity index (χ2n) is 5.02. The van der Waals surface area contributed by atoms with E-state index in [0.717, 1.165) is 10.8 Å². The number of fused-ring (bicyclic) bond motifs is 1. The Morgan fingerprint density at radius 1 is 0.957 bits per heavy atom. The number of nitrogens with two attached hydrogens (primary N) is 1. The van der Waals surface area contributed by atoms with Crippen molar-refractivity contribution in [1.82, 2.24) is 0 Å². The van der Waals surface area contributed by atoms with Crippen LogP contribution < -0.4 is 5.14 Å². The quantitative estimate of drug-likeness (QED) is 0.725. The van der Waals surface area contributed by atoms with Crippen LogP contribution in [0, 0.1) is 0 Å². The summed E-state index contributed by atoms with van der Waals surface area (Å²) in [5.74, 6) is 0.133. The Balaban J connectivity index is 1.99. The van der Waals surface area contributed by atoms with Gasteiger partial charge in [0.15, 0.2) is 0 Å². The maximum atomic E-state index is 11.2. The summed E-state index contributed by atoms with van der Waals surface area (Å²) in [6.07, 6.45) is 1.56. The predicted molar refractivity (Wildman–Crippen MR) is 90.7 cm³/mol. The number of hydrogen-bond donors (Lipinski definition) is 2. The monoisotopic (exact) mass is 326 g/mol. The SMILES string of the molecule is NS(=O)(=O)c1ccc(N=Cc2c(O)ccc3ccccc23)cc1. The fraction of sp³-hybridized carbons (Fsp3) is 0. The first kappa shape index (κ1) is 15.2. The van der Waals surface area contributed by atoms with Gasteiger partial charge in [0.1, 0.15) is 5.75 Å². The fourth-order valence-corrected chi connectivity index (χ4v) is 2.80. The molecule has 3 aromatic carbocycles. The molecule has 0 aliphatic rings. The summed E-state index contributed by atoms with van der Waals surface area (Å²) < 4.78 is 22.4. The van der Waals surface area contributed by atoms with E-state index in [4.69, 9.17) is 5.14 Å². The molecule has 5 nitrogen and oxygen atoms in total. The van der Waals surface area contributed by atoms with Gasteiger partial charge in [0.05, 0.1) is 10.6 Å². The molecular formula is C17H14N2O3S. The van der Waals surface area contributed by atoms with Gasteiger partial charge in [0.25, 0.3) is 0 Å². The summed E-state index contributed by atoms with van der Waals surface area (Å²) in [5.41, 5.74) is 1.17. The molecule has 23 heavy (non-hydrogen) atoms. The average Bonchev–Trinajstić information content (AvgIpc) is 2.53. The van der Waals surface area contributed by atoms with Gasteiger partial charge in [-0.3, -0.25) is 4.99 Å². The van der Waals surface area contributed by atoms with Gasteiger partial charge >= 0.3 is 0 Å². The number of hydrogen-bond acceptors (Lipinski definition) is 4. The van der Waals surface area contributed by atoms with Gasteiger partial charge < -0.3 is 5.11 Å². The lowest BCUT2D eigenvalue weighted by molar-refractivity contribution is 0.475. The van der Waals surface area contributed by atoms with E-state index in [0.29, 0.717) is 11.3 Å². The van der Waals surface area contributed by atoms with Crippen LogP contribution >= 0.6 is 0 Å². The topological polar surface area (TPSA) is 92.8 Å². The van der Waals surface area contributed by atoms with Gasteiger partial charge in [-0.15, -0.1) is 0 Å². The highest BCUT2D eigenvalue weighted by atomic mass is 32.2. The second-order valence-corrected chi connectivity index (χ2v) is 6.58. The zero-order valence-electron chi connectivity index (χ0n) is 12.0. The van der Waals surface area contributed by atoms with Crippen molar-refractivity contribution < 1.29 is 13.5 Å². The number of primary sulfonamides is 1. The van der Waals surface area contributed by atoms with Crippen LogP contribution in [0.5, 0.6) is 5.75 Å². The van der Waals surface area contributed by atoms with Gasteiger partial charge in [-0.05, 0) is 41.1 Å². The third-order valence-electron chi connectivity index (χ3n) is 3.46. The van der Waals surface area contributed by atoms with Gasteiger partial charge in [0, 0.05) is 11.8 Å². The molecule has 0 bridgehead atoms. The molecule has 0 aliphatic heterocycles. The first-order valence-corrected chi connectivity index (χ1v) is 8.37. The molecule has 0 heterocycles. The van der Waals surface area contributed by atoms with Crippen molar-refractivity contribution in [2.24, 2.45) is 10.1 Å². The van der Waals surface area contributed by atoms with E-state index in [9.17, 15) is 13.5 Å². The van der Waals surface area contributed by atoms with Crippen LogP contribution in [-0.4, -0.2) is 19.7 Å². The molecule has 3 rings (SSSR count). The molecule has 3 aromatic rings. The molecule has 116 valence electrons. The smallest absolute Gasteiger partial charge is 0.238 e. The number of phenolic OH excluding ortho intramolecular Hbond substituents is 1. The first-order chi connectivity index (χ1) is 10.9. The summed E-state index contributed by atoms with van der Waals surface area (Å²) in [6.45, 7) is 0. The Hall–Kier alpha value is -2.70. The van der Waals surface area contributed by atoms with Crippen LogP contribution in [-0.2, 0) is 10.0 Å². The molecule has 0 radical (unpaired) electrons. The van der Waals surface area contributed by atoms with Crippen LogP contribution in [0.2, 0.25) is 0 Å². The van der Waals surface area contributed by atoms with Crippen LogP contribution in [0.4, 0.5) is 5.69 Å². The van der Waals surface area contributed by atoms with Gasteiger partial charge in [-0.25, -0.2) is 13.6 Å². The molecule has 0 unspecified atom stereocenters. The average molecular weight is 326 g/mol. The highest BCUT2D eigenvalue weighted by Crippen LogP contribution is 2.26. The van der Waals surface area contributed by atoms with Gasteiger partial charge in [-0.2, -0.15) is 0 Å². The Bertz CT molecular complexity index is 994. The van der Waals surface area contributed by atoms with Crippen LogP contribution in [0.3, 0.4) is 0 Å². The molecule has 6 heteroatoms. The number of phenols is 1. The minimum Gasteiger partial charge on any atom is -0.507 e. The van der Waals surface area contributed by atoms with Crippen LogP contribution in [0.1, 0.15) is 5.56 Å². The maximum absolute atomic E-state index is 11.2. The molecule has 0 aliphatic carbocycles. The Morgan fingerprint density at radius 2 is 1.65 bits per heavy atom. The minimum absolute atomic E-state index is 0.0319. The highest BCUT2D eigenvalue weighted by molar-refractivity contribution is 7.89. The van der Waals surface area contributed by atoms with Crippen molar-refractivity contribution in [3.05, 3.63) is 66.2 Å². The normalized spacial score (nSPS) is 12.0. The van der Waals surface area contributed by atoms with Crippen molar-refractivity contribution >= 4 is 32.7 Å². The molecular weight excluding hydrogens is 312 g/mol. The standard InChI is InChI=1S/C17H14N2O3S/c18-23(21,22)14-8-6-13(7-9-14)19-11-16-15-4-2-1-3-12(15)5-10-17(16)20/h1-11,20H,(H2,18,21,22). The summed E-state index contributed by atoms with van der Waals surface area (Å²) in [6, 6.07) is 17.0. The molecule has 0 spiro atoms. The van der Waals surface area contributed by atoms with E-state index in [1.54, 1.807) is 24.4 Å². The molecule has 0 fully saturated rings. The van der Waals surface area contributed by atoms with Crippen molar-refractivity contribution in [3.63, 3.8) is 0 Å². The lowest BCUT2D eigenvalue weighted by atomic mass is 10.0. The predicted octanol–water partition coefficient (Wildman–Crippen LogP) is 2.94.